The molecule has 0 unspecified atom stereocenters. The summed E-state index contributed by atoms with van der Waals surface area (Å²) in [5, 5.41) is 3.07. The van der Waals surface area contributed by atoms with E-state index in [1.165, 1.54) is 25.7 Å². The first-order chi connectivity index (χ1) is 9.83. The normalized spacial score (nSPS) is 15.4. The number of nitrogens with one attached hydrogen (secondary N) is 1. The molecular weight excluding hydrogens is 248 g/mol. The van der Waals surface area contributed by atoms with E-state index in [9.17, 15) is 4.79 Å². The summed E-state index contributed by atoms with van der Waals surface area (Å²) in [6.45, 7) is 0.812. The summed E-state index contributed by atoms with van der Waals surface area (Å²) in [5.41, 5.74) is 1.75. The van der Waals surface area contributed by atoms with Gasteiger partial charge in [0, 0.05) is 30.2 Å². The minimum Gasteiger partial charge on any atom is -0.352 e. The SMILES string of the molecule is O=C(NCC1CCCC1)c1cccc(-n2cccc2)c1. The Labute approximate surface area is 119 Å². The largest absolute Gasteiger partial charge is 0.352 e. The third kappa shape index (κ3) is 2.93. The van der Waals surface area contributed by atoms with Crippen LogP contribution in [0.15, 0.2) is 48.8 Å². The fraction of sp³-hybridized carbons (Fsp3) is 0.353. The summed E-state index contributed by atoms with van der Waals surface area (Å²) < 4.78 is 2.01. The molecule has 1 aliphatic carbocycles. The molecule has 1 aromatic carbocycles. The summed E-state index contributed by atoms with van der Waals surface area (Å²) in [7, 11) is 0. The molecule has 0 saturated heterocycles. The monoisotopic (exact) mass is 268 g/mol. The van der Waals surface area contributed by atoms with E-state index in [2.05, 4.69) is 5.32 Å². The van der Waals surface area contributed by atoms with Gasteiger partial charge in [0.15, 0.2) is 0 Å². The summed E-state index contributed by atoms with van der Waals surface area (Å²) in [6, 6.07) is 11.7. The van der Waals surface area contributed by atoms with E-state index in [1.54, 1.807) is 0 Å². The number of carbonyl (C=O) groups excluding carboxylic acids is 1. The Kier molecular flexibility index (Phi) is 3.86. The van der Waals surface area contributed by atoms with Crippen molar-refractivity contribution >= 4 is 5.91 Å². The average molecular weight is 268 g/mol. The smallest absolute Gasteiger partial charge is 0.251 e. The van der Waals surface area contributed by atoms with E-state index in [4.69, 9.17) is 0 Å². The van der Waals surface area contributed by atoms with Crippen LogP contribution in [0.2, 0.25) is 0 Å². The van der Waals surface area contributed by atoms with E-state index in [1.807, 2.05) is 53.4 Å². The lowest BCUT2D eigenvalue weighted by Gasteiger charge is -2.11. The molecule has 3 heteroatoms. The molecule has 1 saturated carbocycles. The Morgan fingerprint density at radius 3 is 2.65 bits per heavy atom. The highest BCUT2D eigenvalue weighted by atomic mass is 16.1. The van der Waals surface area contributed by atoms with E-state index in [-0.39, 0.29) is 5.91 Å². The summed E-state index contributed by atoms with van der Waals surface area (Å²) in [4.78, 5) is 12.2. The Morgan fingerprint density at radius 2 is 1.90 bits per heavy atom. The van der Waals surface area contributed by atoms with Crippen LogP contribution in [0.25, 0.3) is 5.69 Å². The maximum absolute atomic E-state index is 12.2. The first kappa shape index (κ1) is 13.0. The number of nitrogens with zero attached hydrogens (tertiary/aromatic N) is 1. The molecular formula is C17H20N2O. The van der Waals surface area contributed by atoms with Crippen molar-refractivity contribution in [3.8, 4) is 5.69 Å². The van der Waals surface area contributed by atoms with E-state index < -0.39 is 0 Å². The van der Waals surface area contributed by atoms with Crippen molar-refractivity contribution in [2.45, 2.75) is 25.7 Å². The van der Waals surface area contributed by atoms with Gasteiger partial charge in [-0.25, -0.2) is 0 Å². The molecule has 0 bridgehead atoms. The minimum atomic E-state index is 0.0332. The molecule has 1 amide bonds. The number of hydrogen-bond acceptors (Lipinski definition) is 1. The number of benzene rings is 1. The van der Waals surface area contributed by atoms with Gasteiger partial charge in [-0.15, -0.1) is 0 Å². The second-order valence-electron chi connectivity index (χ2n) is 5.50. The van der Waals surface area contributed by atoms with Crippen molar-refractivity contribution in [3.05, 3.63) is 54.4 Å². The molecule has 0 radical (unpaired) electrons. The van der Waals surface area contributed by atoms with Crippen LogP contribution in [-0.2, 0) is 0 Å². The van der Waals surface area contributed by atoms with Crippen molar-refractivity contribution in [3.63, 3.8) is 0 Å². The second kappa shape index (κ2) is 5.95. The zero-order valence-corrected chi connectivity index (χ0v) is 11.6. The van der Waals surface area contributed by atoms with E-state index >= 15 is 0 Å². The molecule has 1 fully saturated rings. The van der Waals surface area contributed by atoms with Crippen molar-refractivity contribution in [2.75, 3.05) is 6.54 Å². The highest BCUT2D eigenvalue weighted by molar-refractivity contribution is 5.94. The summed E-state index contributed by atoms with van der Waals surface area (Å²) in [5.74, 6) is 0.706. The highest BCUT2D eigenvalue weighted by Crippen LogP contribution is 2.23. The molecule has 2 aromatic rings. The van der Waals surface area contributed by atoms with Gasteiger partial charge in [-0.1, -0.05) is 18.9 Å². The molecule has 3 nitrogen and oxygen atoms in total. The van der Waals surface area contributed by atoms with Crippen LogP contribution >= 0.6 is 0 Å². The third-order valence-electron chi connectivity index (χ3n) is 4.04. The molecule has 0 aliphatic heterocycles. The van der Waals surface area contributed by atoms with Crippen LogP contribution in [0.1, 0.15) is 36.0 Å². The van der Waals surface area contributed by atoms with E-state index in [0.29, 0.717) is 5.92 Å². The summed E-state index contributed by atoms with van der Waals surface area (Å²) in [6.07, 6.45) is 9.09. The van der Waals surface area contributed by atoms with Gasteiger partial charge in [-0.05, 0) is 49.1 Å². The average Bonchev–Trinajstić information content (AvgIpc) is 3.18. The van der Waals surface area contributed by atoms with Gasteiger partial charge in [0.05, 0.1) is 0 Å². The third-order valence-corrected chi connectivity index (χ3v) is 4.04. The van der Waals surface area contributed by atoms with Crippen LogP contribution in [0.4, 0.5) is 0 Å². The Morgan fingerprint density at radius 1 is 1.15 bits per heavy atom. The summed E-state index contributed by atoms with van der Waals surface area (Å²) >= 11 is 0. The molecule has 1 aromatic heterocycles. The van der Waals surface area contributed by atoms with Gasteiger partial charge in [-0.3, -0.25) is 4.79 Å². The topological polar surface area (TPSA) is 34.0 Å². The van der Waals surface area contributed by atoms with Crippen molar-refractivity contribution < 1.29 is 4.79 Å². The molecule has 0 atom stereocenters. The molecule has 104 valence electrons. The number of amides is 1. The highest BCUT2D eigenvalue weighted by Gasteiger charge is 2.16. The van der Waals surface area contributed by atoms with Gasteiger partial charge in [0.2, 0.25) is 0 Å². The molecule has 3 rings (SSSR count). The van der Waals surface area contributed by atoms with Crippen molar-refractivity contribution in [2.24, 2.45) is 5.92 Å². The van der Waals surface area contributed by atoms with E-state index in [0.717, 1.165) is 17.8 Å². The fourth-order valence-corrected chi connectivity index (χ4v) is 2.87. The Bertz CT molecular complexity index is 568. The van der Waals surface area contributed by atoms with Gasteiger partial charge in [-0.2, -0.15) is 0 Å². The minimum absolute atomic E-state index is 0.0332. The van der Waals surface area contributed by atoms with Crippen LogP contribution in [-0.4, -0.2) is 17.0 Å². The second-order valence-corrected chi connectivity index (χ2v) is 5.50. The zero-order chi connectivity index (χ0) is 13.8. The lowest BCUT2D eigenvalue weighted by atomic mass is 10.1. The Balaban J connectivity index is 1.66. The molecule has 1 heterocycles. The van der Waals surface area contributed by atoms with Crippen LogP contribution in [0, 0.1) is 5.92 Å². The molecule has 1 aliphatic rings. The lowest BCUT2D eigenvalue weighted by Crippen LogP contribution is -2.28. The quantitative estimate of drug-likeness (QED) is 0.906. The predicted octanol–water partition coefficient (Wildman–Crippen LogP) is 3.40. The number of hydrogen-bond donors (Lipinski definition) is 1. The Hall–Kier alpha value is -2.03. The zero-order valence-electron chi connectivity index (χ0n) is 11.6. The van der Waals surface area contributed by atoms with Gasteiger partial charge < -0.3 is 9.88 Å². The van der Waals surface area contributed by atoms with Crippen molar-refractivity contribution in [1.82, 2.24) is 9.88 Å². The van der Waals surface area contributed by atoms with Crippen molar-refractivity contribution in [1.29, 1.82) is 0 Å². The first-order valence-corrected chi connectivity index (χ1v) is 7.34. The molecule has 20 heavy (non-hydrogen) atoms. The maximum atomic E-state index is 12.2. The molecule has 1 N–H and O–H groups in total. The predicted molar refractivity (Wildman–Crippen MR) is 80.1 cm³/mol. The first-order valence-electron chi connectivity index (χ1n) is 7.34. The van der Waals surface area contributed by atoms with Crippen LogP contribution < -0.4 is 5.32 Å². The van der Waals surface area contributed by atoms with Crippen LogP contribution in [0.3, 0.4) is 0 Å². The number of carbonyl (C=O) groups is 1. The molecule has 0 spiro atoms. The van der Waals surface area contributed by atoms with Gasteiger partial charge >= 0.3 is 0 Å². The van der Waals surface area contributed by atoms with Gasteiger partial charge in [0.25, 0.3) is 5.91 Å². The van der Waals surface area contributed by atoms with Crippen LogP contribution in [0.5, 0.6) is 0 Å². The number of aromatic nitrogens is 1. The fourth-order valence-electron chi connectivity index (χ4n) is 2.87. The van der Waals surface area contributed by atoms with Gasteiger partial charge in [0.1, 0.15) is 0 Å². The number of rotatable bonds is 4. The standard InChI is InChI=1S/C17H20N2O/c20-17(18-13-14-6-1-2-7-14)15-8-5-9-16(12-15)19-10-3-4-11-19/h3-5,8-12,14H,1-2,6-7,13H2,(H,18,20). The lowest BCUT2D eigenvalue weighted by molar-refractivity contribution is 0.0947. The maximum Gasteiger partial charge on any atom is 0.251 e.